The Hall–Kier alpha value is -2.33. The maximum Gasteiger partial charge on any atom is 0.221 e. The van der Waals surface area contributed by atoms with E-state index in [4.69, 9.17) is 16.3 Å². The van der Waals surface area contributed by atoms with Crippen molar-refractivity contribution in [2.75, 3.05) is 12.4 Å². The number of para-hydroxylation sites is 1. The molecule has 0 atom stereocenters. The van der Waals surface area contributed by atoms with E-state index in [1.165, 1.54) is 20.1 Å². The molecule has 0 heterocycles. The summed E-state index contributed by atoms with van der Waals surface area (Å²) in [5, 5.41) is 3.05. The van der Waals surface area contributed by atoms with Crippen LogP contribution in [-0.4, -0.2) is 18.8 Å². The van der Waals surface area contributed by atoms with Crippen LogP contribution in [0, 0.1) is 0 Å². The Labute approximate surface area is 127 Å². The molecule has 4 nitrogen and oxygen atoms in total. The molecule has 0 saturated heterocycles. The van der Waals surface area contributed by atoms with E-state index in [1.807, 2.05) is 0 Å². The summed E-state index contributed by atoms with van der Waals surface area (Å²) in [5.74, 6) is -0.0543. The van der Waals surface area contributed by atoms with Crippen LogP contribution in [0.1, 0.15) is 22.8 Å². The van der Waals surface area contributed by atoms with E-state index in [1.54, 1.807) is 36.4 Å². The Kier molecular flexibility index (Phi) is 4.60. The van der Waals surface area contributed by atoms with Crippen molar-refractivity contribution in [1.82, 2.24) is 0 Å². The average molecular weight is 304 g/mol. The SMILES string of the molecule is COc1ccccc1C(=O)c1cc(Cl)ccc1NC(C)=O. The second-order valence-corrected chi connectivity index (χ2v) is 4.84. The van der Waals surface area contributed by atoms with Gasteiger partial charge in [-0.1, -0.05) is 23.7 Å². The molecule has 108 valence electrons. The molecule has 2 aromatic carbocycles. The van der Waals surface area contributed by atoms with Crippen LogP contribution in [0.15, 0.2) is 42.5 Å². The second kappa shape index (κ2) is 6.41. The number of hydrogen-bond donors (Lipinski definition) is 1. The van der Waals surface area contributed by atoms with E-state index in [0.717, 1.165) is 0 Å². The maximum atomic E-state index is 12.7. The molecular weight excluding hydrogens is 290 g/mol. The predicted molar refractivity (Wildman–Crippen MR) is 82.2 cm³/mol. The van der Waals surface area contributed by atoms with Gasteiger partial charge in [0.2, 0.25) is 5.91 Å². The van der Waals surface area contributed by atoms with Gasteiger partial charge in [-0.05, 0) is 30.3 Å². The third-order valence-electron chi connectivity index (χ3n) is 2.89. The van der Waals surface area contributed by atoms with Crippen molar-refractivity contribution in [2.45, 2.75) is 6.92 Å². The number of carbonyl (C=O) groups excluding carboxylic acids is 2. The fourth-order valence-corrected chi connectivity index (χ4v) is 2.15. The van der Waals surface area contributed by atoms with Crippen LogP contribution >= 0.6 is 11.6 Å². The summed E-state index contributed by atoms with van der Waals surface area (Å²) in [6.45, 7) is 1.38. The Morgan fingerprint density at radius 2 is 1.81 bits per heavy atom. The lowest BCUT2D eigenvalue weighted by Crippen LogP contribution is -2.12. The fourth-order valence-electron chi connectivity index (χ4n) is 1.98. The summed E-state index contributed by atoms with van der Waals surface area (Å²) in [6.07, 6.45) is 0. The zero-order valence-electron chi connectivity index (χ0n) is 11.6. The van der Waals surface area contributed by atoms with E-state index < -0.39 is 0 Å². The van der Waals surface area contributed by atoms with E-state index >= 15 is 0 Å². The second-order valence-electron chi connectivity index (χ2n) is 4.40. The summed E-state index contributed by atoms with van der Waals surface area (Å²) in [4.78, 5) is 23.9. The molecule has 2 rings (SSSR count). The van der Waals surface area contributed by atoms with Gasteiger partial charge in [-0.25, -0.2) is 0 Å². The number of carbonyl (C=O) groups is 2. The third-order valence-corrected chi connectivity index (χ3v) is 3.12. The molecule has 0 unspecified atom stereocenters. The summed E-state index contributed by atoms with van der Waals surface area (Å²) in [5.41, 5.74) is 1.15. The Bertz CT molecular complexity index is 698. The van der Waals surface area contributed by atoms with Gasteiger partial charge in [-0.3, -0.25) is 9.59 Å². The molecule has 0 aromatic heterocycles. The number of halogens is 1. The van der Waals surface area contributed by atoms with Crippen LogP contribution in [0.4, 0.5) is 5.69 Å². The van der Waals surface area contributed by atoms with Crippen LogP contribution in [-0.2, 0) is 4.79 Å². The molecule has 0 fully saturated rings. The standard InChI is InChI=1S/C16H14ClNO3/c1-10(19)18-14-8-7-11(17)9-13(14)16(20)12-5-3-4-6-15(12)21-2/h3-9H,1-2H3,(H,18,19). The Morgan fingerprint density at radius 1 is 1.10 bits per heavy atom. The maximum absolute atomic E-state index is 12.7. The van der Waals surface area contributed by atoms with Crippen molar-refractivity contribution in [1.29, 1.82) is 0 Å². The lowest BCUT2D eigenvalue weighted by Gasteiger charge is -2.12. The lowest BCUT2D eigenvalue weighted by molar-refractivity contribution is -0.114. The number of methoxy groups -OCH3 is 1. The minimum Gasteiger partial charge on any atom is -0.496 e. The van der Waals surface area contributed by atoms with Crippen molar-refractivity contribution in [3.8, 4) is 5.75 Å². The minimum atomic E-state index is -0.265. The van der Waals surface area contributed by atoms with Crippen LogP contribution in [0.25, 0.3) is 0 Å². The van der Waals surface area contributed by atoms with E-state index in [-0.39, 0.29) is 11.7 Å². The number of hydrogen-bond acceptors (Lipinski definition) is 3. The number of rotatable bonds is 4. The number of nitrogens with one attached hydrogen (secondary N) is 1. The van der Waals surface area contributed by atoms with Gasteiger partial charge in [0.25, 0.3) is 0 Å². The topological polar surface area (TPSA) is 55.4 Å². The molecule has 0 radical (unpaired) electrons. The fraction of sp³-hybridized carbons (Fsp3) is 0.125. The molecule has 5 heteroatoms. The molecule has 0 spiro atoms. The molecule has 0 aliphatic rings. The van der Waals surface area contributed by atoms with Gasteiger partial charge < -0.3 is 10.1 Å². The summed E-state index contributed by atoms with van der Waals surface area (Å²) >= 11 is 5.96. The first-order chi connectivity index (χ1) is 10.0. The molecular formula is C16H14ClNO3. The first-order valence-electron chi connectivity index (χ1n) is 6.27. The molecule has 0 aliphatic carbocycles. The highest BCUT2D eigenvalue weighted by Crippen LogP contribution is 2.27. The first-order valence-corrected chi connectivity index (χ1v) is 6.65. The number of ether oxygens (including phenoxy) is 1. The first kappa shape index (κ1) is 15.1. The number of ketones is 1. The Morgan fingerprint density at radius 3 is 2.48 bits per heavy atom. The summed E-state index contributed by atoms with van der Waals surface area (Å²) in [7, 11) is 1.50. The molecule has 1 amide bonds. The van der Waals surface area contributed by atoms with Crippen molar-refractivity contribution in [3.63, 3.8) is 0 Å². The summed E-state index contributed by atoms with van der Waals surface area (Å²) in [6, 6.07) is 11.6. The van der Waals surface area contributed by atoms with Crippen LogP contribution in [0.2, 0.25) is 5.02 Å². The van der Waals surface area contributed by atoms with Crippen molar-refractivity contribution < 1.29 is 14.3 Å². The van der Waals surface area contributed by atoms with Gasteiger partial charge in [0.15, 0.2) is 5.78 Å². The Balaban J connectivity index is 2.52. The molecule has 0 saturated carbocycles. The number of benzene rings is 2. The van der Waals surface area contributed by atoms with Gasteiger partial charge in [0.1, 0.15) is 5.75 Å². The molecule has 0 bridgehead atoms. The largest absolute Gasteiger partial charge is 0.496 e. The molecule has 21 heavy (non-hydrogen) atoms. The smallest absolute Gasteiger partial charge is 0.221 e. The number of anilines is 1. The molecule has 2 aromatic rings. The predicted octanol–water partition coefficient (Wildman–Crippen LogP) is 3.54. The van der Waals surface area contributed by atoms with Crippen LogP contribution in [0.3, 0.4) is 0 Å². The average Bonchev–Trinajstić information content (AvgIpc) is 2.48. The van der Waals surface area contributed by atoms with Crippen LogP contribution in [0.5, 0.6) is 5.75 Å². The van der Waals surface area contributed by atoms with Gasteiger partial charge in [0.05, 0.1) is 18.4 Å². The zero-order chi connectivity index (χ0) is 15.4. The highest BCUT2D eigenvalue weighted by Gasteiger charge is 2.18. The van der Waals surface area contributed by atoms with Gasteiger partial charge in [-0.15, -0.1) is 0 Å². The van der Waals surface area contributed by atoms with E-state index in [0.29, 0.717) is 27.6 Å². The van der Waals surface area contributed by atoms with Crippen molar-refractivity contribution in [3.05, 3.63) is 58.6 Å². The van der Waals surface area contributed by atoms with Gasteiger partial charge in [-0.2, -0.15) is 0 Å². The van der Waals surface area contributed by atoms with E-state index in [2.05, 4.69) is 5.32 Å². The third kappa shape index (κ3) is 3.41. The zero-order valence-corrected chi connectivity index (χ0v) is 12.4. The minimum absolute atomic E-state index is 0.258. The summed E-state index contributed by atoms with van der Waals surface area (Å²) < 4.78 is 5.20. The quantitative estimate of drug-likeness (QED) is 0.879. The normalized spacial score (nSPS) is 10.0. The molecule has 1 N–H and O–H groups in total. The highest BCUT2D eigenvalue weighted by atomic mass is 35.5. The number of amides is 1. The van der Waals surface area contributed by atoms with E-state index in [9.17, 15) is 9.59 Å². The van der Waals surface area contributed by atoms with Crippen LogP contribution < -0.4 is 10.1 Å². The lowest BCUT2D eigenvalue weighted by atomic mass is 10.0. The van der Waals surface area contributed by atoms with Gasteiger partial charge in [0, 0.05) is 17.5 Å². The molecule has 0 aliphatic heterocycles. The van der Waals surface area contributed by atoms with Crippen molar-refractivity contribution in [2.24, 2.45) is 0 Å². The highest BCUT2D eigenvalue weighted by molar-refractivity contribution is 6.31. The monoisotopic (exact) mass is 303 g/mol. The van der Waals surface area contributed by atoms with Crippen molar-refractivity contribution >= 4 is 29.0 Å². The van der Waals surface area contributed by atoms with Gasteiger partial charge >= 0.3 is 0 Å².